The fourth-order valence-corrected chi connectivity index (χ4v) is 3.75. The third kappa shape index (κ3) is 3.58. The van der Waals surface area contributed by atoms with Crippen molar-refractivity contribution in [2.24, 2.45) is 0 Å². The topological polar surface area (TPSA) is 90.5 Å². The molecule has 3 heterocycles. The Labute approximate surface area is 192 Å². The molecular weight excluding hydrogens is 440 g/mol. The summed E-state index contributed by atoms with van der Waals surface area (Å²) < 4.78 is 30.5. The monoisotopic (exact) mass is 459 g/mol. The molecule has 5 aromatic rings. The summed E-state index contributed by atoms with van der Waals surface area (Å²) in [5.74, 6) is -1.80. The van der Waals surface area contributed by atoms with Crippen LogP contribution in [0.2, 0.25) is 0 Å². The molecule has 0 aliphatic rings. The number of carbonyl (C=O) groups is 1. The summed E-state index contributed by atoms with van der Waals surface area (Å²) in [6.07, 6.45) is 3.03. The molecule has 0 saturated carbocycles. The quantitative estimate of drug-likeness (QED) is 0.429. The van der Waals surface area contributed by atoms with Crippen molar-refractivity contribution in [1.82, 2.24) is 29.5 Å². The van der Waals surface area contributed by atoms with Gasteiger partial charge in [0.25, 0.3) is 5.91 Å². The van der Waals surface area contributed by atoms with E-state index in [9.17, 15) is 13.6 Å². The van der Waals surface area contributed by atoms with Gasteiger partial charge >= 0.3 is 0 Å². The van der Waals surface area contributed by atoms with Crippen LogP contribution in [-0.4, -0.2) is 35.4 Å². The number of nitrogens with zero attached hydrogens (tertiary/aromatic N) is 6. The van der Waals surface area contributed by atoms with Crippen LogP contribution < -0.4 is 5.32 Å². The summed E-state index contributed by atoms with van der Waals surface area (Å²) >= 11 is 0. The van der Waals surface area contributed by atoms with E-state index in [0.717, 1.165) is 28.9 Å². The minimum atomic E-state index is -0.959. The van der Waals surface area contributed by atoms with E-state index in [4.69, 9.17) is 0 Å². The van der Waals surface area contributed by atoms with E-state index in [1.807, 2.05) is 32.0 Å². The first-order valence-corrected chi connectivity index (χ1v) is 10.4. The highest BCUT2D eigenvalue weighted by atomic mass is 19.1. The zero-order valence-corrected chi connectivity index (χ0v) is 18.5. The third-order valence-corrected chi connectivity index (χ3v) is 5.60. The fraction of sp³-hybridized carbons (Fsp3) is 0.125. The molecule has 170 valence electrons. The van der Waals surface area contributed by atoms with Gasteiger partial charge in [-0.1, -0.05) is 12.1 Å². The number of hydrogen-bond donors (Lipinski definition) is 1. The Morgan fingerprint density at radius 1 is 1.00 bits per heavy atom. The van der Waals surface area contributed by atoms with Crippen LogP contribution in [0.5, 0.6) is 0 Å². The highest BCUT2D eigenvalue weighted by molar-refractivity contribution is 6.04. The Kier molecular flexibility index (Phi) is 5.12. The van der Waals surface area contributed by atoms with Crippen molar-refractivity contribution in [3.8, 4) is 11.5 Å². The van der Waals surface area contributed by atoms with E-state index in [2.05, 4.69) is 25.5 Å². The molecule has 3 aromatic heterocycles. The van der Waals surface area contributed by atoms with Crippen molar-refractivity contribution in [2.75, 3.05) is 5.32 Å². The molecule has 1 amide bonds. The van der Waals surface area contributed by atoms with E-state index >= 15 is 0 Å². The smallest absolute Gasteiger partial charge is 0.259 e. The van der Waals surface area contributed by atoms with Gasteiger partial charge in [0.05, 0.1) is 28.5 Å². The van der Waals surface area contributed by atoms with Gasteiger partial charge in [0.2, 0.25) is 0 Å². The van der Waals surface area contributed by atoms with Gasteiger partial charge in [-0.25, -0.2) is 23.4 Å². The largest absolute Gasteiger partial charge is 0.306 e. The van der Waals surface area contributed by atoms with E-state index in [1.165, 1.54) is 11.0 Å². The highest BCUT2D eigenvalue weighted by Crippen LogP contribution is 2.26. The van der Waals surface area contributed by atoms with Crippen molar-refractivity contribution in [1.29, 1.82) is 0 Å². The van der Waals surface area contributed by atoms with E-state index in [1.54, 1.807) is 23.9 Å². The lowest BCUT2D eigenvalue weighted by Gasteiger charge is -2.11. The number of hydrogen-bond acceptors (Lipinski definition) is 5. The number of anilines is 1. The summed E-state index contributed by atoms with van der Waals surface area (Å²) in [6, 6.07) is 10.3. The van der Waals surface area contributed by atoms with Crippen LogP contribution in [0, 0.1) is 32.4 Å². The van der Waals surface area contributed by atoms with Gasteiger partial charge in [0.15, 0.2) is 11.5 Å². The van der Waals surface area contributed by atoms with Gasteiger partial charge in [0.1, 0.15) is 23.8 Å². The van der Waals surface area contributed by atoms with Gasteiger partial charge in [-0.15, -0.1) is 0 Å². The van der Waals surface area contributed by atoms with Crippen LogP contribution in [0.4, 0.5) is 14.6 Å². The standard InChI is InChI=1S/C24H19F2N7O/c1-13-5-4-6-20(15(13)3)32-22-18(11-29-32)23(28-12-27-22)33-21(9-14(2)31-33)30-24(34)17-8-7-16(25)10-19(17)26/h4-12H,1-3H3,(H,30,34). The minimum absolute atomic E-state index is 0.269. The number of halogens is 2. The van der Waals surface area contributed by atoms with Crippen molar-refractivity contribution in [3.63, 3.8) is 0 Å². The number of fused-ring (bicyclic) bond motifs is 1. The Balaban J connectivity index is 1.58. The summed E-state index contributed by atoms with van der Waals surface area (Å²) in [4.78, 5) is 21.5. The number of nitrogens with one attached hydrogen (secondary N) is 1. The normalized spacial score (nSPS) is 11.2. The SMILES string of the molecule is Cc1cc(NC(=O)c2ccc(F)cc2F)n(-c2ncnc3c2cnn3-c2cccc(C)c2C)n1. The Morgan fingerprint density at radius 2 is 1.82 bits per heavy atom. The number of aryl methyl sites for hydroxylation is 2. The zero-order valence-electron chi connectivity index (χ0n) is 18.5. The molecule has 0 spiro atoms. The van der Waals surface area contributed by atoms with E-state index < -0.39 is 17.5 Å². The van der Waals surface area contributed by atoms with Gasteiger partial charge < -0.3 is 5.32 Å². The van der Waals surface area contributed by atoms with Crippen LogP contribution in [-0.2, 0) is 0 Å². The lowest BCUT2D eigenvalue weighted by Crippen LogP contribution is -2.17. The summed E-state index contributed by atoms with van der Waals surface area (Å²) in [5, 5.41) is 12.2. The van der Waals surface area contributed by atoms with Gasteiger partial charge in [0, 0.05) is 12.1 Å². The molecule has 10 heteroatoms. The first-order valence-electron chi connectivity index (χ1n) is 10.4. The lowest BCUT2D eigenvalue weighted by atomic mass is 10.1. The van der Waals surface area contributed by atoms with Crippen LogP contribution >= 0.6 is 0 Å². The maximum atomic E-state index is 14.1. The van der Waals surface area contributed by atoms with E-state index in [0.29, 0.717) is 28.6 Å². The van der Waals surface area contributed by atoms with Crippen molar-refractivity contribution < 1.29 is 13.6 Å². The predicted octanol–water partition coefficient (Wildman–Crippen LogP) is 4.46. The molecule has 0 saturated heterocycles. The molecule has 2 aromatic carbocycles. The second kappa shape index (κ2) is 8.14. The van der Waals surface area contributed by atoms with Crippen molar-refractivity contribution in [2.45, 2.75) is 20.8 Å². The number of aromatic nitrogens is 6. The van der Waals surface area contributed by atoms with Crippen LogP contribution in [0.25, 0.3) is 22.5 Å². The first-order chi connectivity index (χ1) is 16.3. The van der Waals surface area contributed by atoms with Crippen LogP contribution in [0.15, 0.2) is 55.0 Å². The van der Waals surface area contributed by atoms with Crippen LogP contribution in [0.3, 0.4) is 0 Å². The molecule has 0 aliphatic carbocycles. The number of rotatable bonds is 4. The molecule has 34 heavy (non-hydrogen) atoms. The molecule has 0 radical (unpaired) electrons. The Morgan fingerprint density at radius 3 is 2.62 bits per heavy atom. The van der Waals surface area contributed by atoms with Crippen molar-refractivity contribution in [3.05, 3.63) is 89.0 Å². The first kappa shape index (κ1) is 21.4. The molecule has 5 rings (SSSR count). The second-order valence-corrected chi connectivity index (χ2v) is 7.87. The molecule has 0 atom stereocenters. The summed E-state index contributed by atoms with van der Waals surface area (Å²) in [7, 11) is 0. The molecule has 1 N–H and O–H groups in total. The Bertz CT molecular complexity index is 1570. The second-order valence-electron chi connectivity index (χ2n) is 7.87. The number of benzene rings is 2. The molecule has 0 fully saturated rings. The summed E-state index contributed by atoms with van der Waals surface area (Å²) in [5.41, 5.74) is 3.95. The molecule has 0 unspecified atom stereocenters. The maximum Gasteiger partial charge on any atom is 0.259 e. The molecular formula is C24H19F2N7O. The number of amides is 1. The lowest BCUT2D eigenvalue weighted by molar-refractivity contribution is 0.102. The highest BCUT2D eigenvalue weighted by Gasteiger charge is 2.20. The van der Waals surface area contributed by atoms with Gasteiger partial charge in [-0.3, -0.25) is 4.79 Å². The van der Waals surface area contributed by atoms with Crippen molar-refractivity contribution >= 4 is 22.8 Å². The average molecular weight is 459 g/mol. The van der Waals surface area contributed by atoms with Gasteiger partial charge in [-0.05, 0) is 50.1 Å². The fourth-order valence-electron chi connectivity index (χ4n) is 3.75. The minimum Gasteiger partial charge on any atom is -0.306 e. The average Bonchev–Trinajstić information content (AvgIpc) is 3.38. The third-order valence-electron chi connectivity index (χ3n) is 5.60. The predicted molar refractivity (Wildman–Crippen MR) is 122 cm³/mol. The van der Waals surface area contributed by atoms with E-state index in [-0.39, 0.29) is 11.4 Å². The maximum absolute atomic E-state index is 14.1. The Hall–Kier alpha value is -4.47. The molecule has 0 aliphatic heterocycles. The molecule has 8 nitrogen and oxygen atoms in total. The summed E-state index contributed by atoms with van der Waals surface area (Å²) in [6.45, 7) is 5.79. The number of carbonyl (C=O) groups excluding carboxylic acids is 1. The van der Waals surface area contributed by atoms with Gasteiger partial charge in [-0.2, -0.15) is 14.9 Å². The molecule has 0 bridgehead atoms. The zero-order chi connectivity index (χ0) is 24.0. The van der Waals surface area contributed by atoms with Crippen LogP contribution in [0.1, 0.15) is 27.2 Å².